The molecule has 138 valence electrons. The van der Waals surface area contributed by atoms with Gasteiger partial charge in [-0.2, -0.15) is 4.98 Å². The number of nitrogens with two attached hydrogens (primary N) is 1. The van der Waals surface area contributed by atoms with Crippen LogP contribution in [0.25, 0.3) is 0 Å². The standard InChI is InChI=1S/C17H19Cl2N5O2/c1-26-16(25)15(11-4-2-3-5-12(11)18)24-8-6-23(7-9-24)14-10-13(19)21-17(20)22-14/h2-5,10,15H,6-9H2,1H3,(H2,20,21,22)/t15-/m1/s1. The molecular weight excluding hydrogens is 377 g/mol. The molecule has 2 heterocycles. The minimum absolute atomic E-state index is 0.137. The van der Waals surface area contributed by atoms with Crippen molar-refractivity contribution in [3.63, 3.8) is 0 Å². The van der Waals surface area contributed by atoms with Gasteiger partial charge in [-0.05, 0) is 11.6 Å². The summed E-state index contributed by atoms with van der Waals surface area (Å²) in [6.45, 7) is 2.58. The second-order valence-corrected chi connectivity index (χ2v) is 6.67. The minimum atomic E-state index is -0.546. The van der Waals surface area contributed by atoms with Gasteiger partial charge in [0.2, 0.25) is 5.95 Å². The van der Waals surface area contributed by atoms with Crippen LogP contribution in [0.2, 0.25) is 10.2 Å². The number of rotatable bonds is 4. The van der Waals surface area contributed by atoms with Crippen LogP contribution in [-0.4, -0.2) is 54.1 Å². The molecule has 1 aromatic carbocycles. The summed E-state index contributed by atoms with van der Waals surface area (Å²) in [5.41, 5.74) is 6.41. The lowest BCUT2D eigenvalue weighted by molar-refractivity contribution is -0.147. The number of benzene rings is 1. The number of aromatic nitrogens is 2. The molecule has 2 aromatic rings. The third-order valence-corrected chi connectivity index (χ3v) is 4.86. The van der Waals surface area contributed by atoms with Crippen molar-refractivity contribution in [2.45, 2.75) is 6.04 Å². The van der Waals surface area contributed by atoms with Gasteiger partial charge in [0.05, 0.1) is 7.11 Å². The maximum absolute atomic E-state index is 12.4. The van der Waals surface area contributed by atoms with Crippen molar-refractivity contribution in [1.82, 2.24) is 14.9 Å². The highest BCUT2D eigenvalue weighted by Crippen LogP contribution is 2.30. The van der Waals surface area contributed by atoms with E-state index in [2.05, 4.69) is 19.8 Å². The van der Waals surface area contributed by atoms with Gasteiger partial charge in [-0.25, -0.2) is 9.78 Å². The van der Waals surface area contributed by atoms with Crippen LogP contribution in [-0.2, 0) is 9.53 Å². The summed E-state index contributed by atoms with van der Waals surface area (Å²) in [5, 5.41) is 0.846. The zero-order valence-corrected chi connectivity index (χ0v) is 15.7. The minimum Gasteiger partial charge on any atom is -0.468 e. The monoisotopic (exact) mass is 395 g/mol. The summed E-state index contributed by atoms with van der Waals surface area (Å²) in [6.07, 6.45) is 0. The van der Waals surface area contributed by atoms with Crippen LogP contribution in [0.15, 0.2) is 30.3 Å². The molecule has 26 heavy (non-hydrogen) atoms. The first-order chi connectivity index (χ1) is 12.5. The maximum atomic E-state index is 12.4. The van der Waals surface area contributed by atoms with Crippen molar-refractivity contribution in [3.05, 3.63) is 46.1 Å². The van der Waals surface area contributed by atoms with Gasteiger partial charge in [-0.15, -0.1) is 0 Å². The van der Waals surface area contributed by atoms with Crippen LogP contribution in [0.5, 0.6) is 0 Å². The van der Waals surface area contributed by atoms with Crippen molar-refractivity contribution < 1.29 is 9.53 Å². The molecule has 0 radical (unpaired) electrons. The van der Waals surface area contributed by atoms with Crippen molar-refractivity contribution in [2.24, 2.45) is 0 Å². The zero-order chi connectivity index (χ0) is 18.7. The Morgan fingerprint density at radius 3 is 2.50 bits per heavy atom. The number of piperazine rings is 1. The van der Waals surface area contributed by atoms with Crippen LogP contribution in [0, 0.1) is 0 Å². The van der Waals surface area contributed by atoms with E-state index in [1.165, 1.54) is 7.11 Å². The fourth-order valence-corrected chi connectivity index (χ4v) is 3.50. The van der Waals surface area contributed by atoms with Gasteiger partial charge in [-0.1, -0.05) is 41.4 Å². The first-order valence-corrected chi connectivity index (χ1v) is 8.86. The first kappa shape index (κ1) is 18.7. The van der Waals surface area contributed by atoms with Gasteiger partial charge in [0.1, 0.15) is 17.0 Å². The van der Waals surface area contributed by atoms with Crippen molar-refractivity contribution in [1.29, 1.82) is 0 Å². The Hall–Kier alpha value is -2.09. The van der Waals surface area contributed by atoms with E-state index in [9.17, 15) is 4.79 Å². The summed E-state index contributed by atoms with van der Waals surface area (Å²) in [5.74, 6) is 0.480. The largest absolute Gasteiger partial charge is 0.468 e. The van der Waals surface area contributed by atoms with Gasteiger partial charge in [0.15, 0.2) is 0 Å². The van der Waals surface area contributed by atoms with E-state index in [-0.39, 0.29) is 11.9 Å². The second kappa shape index (κ2) is 8.07. The number of nitrogen functional groups attached to an aromatic ring is 1. The number of hydrogen-bond acceptors (Lipinski definition) is 7. The van der Waals surface area contributed by atoms with E-state index in [4.69, 9.17) is 33.7 Å². The maximum Gasteiger partial charge on any atom is 0.327 e. The molecule has 1 saturated heterocycles. The molecule has 1 atom stereocenters. The number of nitrogens with zero attached hydrogens (tertiary/aromatic N) is 4. The summed E-state index contributed by atoms with van der Waals surface area (Å²) in [4.78, 5) is 24.6. The molecule has 1 fully saturated rings. The van der Waals surface area contributed by atoms with Gasteiger partial charge < -0.3 is 15.4 Å². The highest BCUT2D eigenvalue weighted by Gasteiger charge is 2.32. The Kier molecular flexibility index (Phi) is 5.80. The topological polar surface area (TPSA) is 84.6 Å². The lowest BCUT2D eigenvalue weighted by Gasteiger charge is -2.38. The Labute approximate surface area is 161 Å². The third-order valence-electron chi connectivity index (χ3n) is 4.33. The number of hydrogen-bond donors (Lipinski definition) is 1. The molecule has 0 unspecified atom stereocenters. The molecule has 1 aliphatic heterocycles. The first-order valence-electron chi connectivity index (χ1n) is 8.11. The number of carbonyl (C=O) groups is 1. The summed E-state index contributed by atoms with van der Waals surface area (Å²) in [7, 11) is 1.38. The lowest BCUT2D eigenvalue weighted by atomic mass is 10.0. The summed E-state index contributed by atoms with van der Waals surface area (Å²) < 4.78 is 5.01. The van der Waals surface area contributed by atoms with Crippen molar-refractivity contribution in [3.8, 4) is 0 Å². The van der Waals surface area contributed by atoms with E-state index in [1.807, 2.05) is 18.2 Å². The van der Waals surface area contributed by atoms with E-state index in [1.54, 1.807) is 12.1 Å². The molecule has 9 heteroatoms. The summed E-state index contributed by atoms with van der Waals surface area (Å²) in [6, 6.07) is 8.45. The quantitative estimate of drug-likeness (QED) is 0.628. The number of esters is 1. The van der Waals surface area contributed by atoms with Gasteiger partial charge in [0, 0.05) is 37.3 Å². The molecule has 0 spiro atoms. The fourth-order valence-electron chi connectivity index (χ4n) is 3.08. The Morgan fingerprint density at radius 1 is 1.19 bits per heavy atom. The average Bonchev–Trinajstić information content (AvgIpc) is 2.63. The van der Waals surface area contributed by atoms with Gasteiger partial charge in [0.25, 0.3) is 0 Å². The van der Waals surface area contributed by atoms with Crippen LogP contribution >= 0.6 is 23.2 Å². The van der Waals surface area contributed by atoms with Crippen molar-refractivity contribution in [2.75, 3.05) is 43.9 Å². The van der Waals surface area contributed by atoms with E-state index in [0.717, 1.165) is 5.56 Å². The molecular formula is C17H19Cl2N5O2. The molecule has 0 amide bonds. The van der Waals surface area contributed by atoms with Crippen LogP contribution in [0.4, 0.5) is 11.8 Å². The normalized spacial score (nSPS) is 16.3. The van der Waals surface area contributed by atoms with Gasteiger partial charge in [-0.3, -0.25) is 4.90 Å². The molecule has 2 N–H and O–H groups in total. The third kappa shape index (κ3) is 4.00. The highest BCUT2D eigenvalue weighted by atomic mass is 35.5. The second-order valence-electron chi connectivity index (χ2n) is 5.88. The molecule has 3 rings (SSSR count). The Bertz CT molecular complexity index is 776. The molecule has 0 aliphatic carbocycles. The fraction of sp³-hybridized carbons (Fsp3) is 0.353. The van der Waals surface area contributed by atoms with Crippen LogP contribution in [0.1, 0.15) is 11.6 Å². The highest BCUT2D eigenvalue weighted by molar-refractivity contribution is 6.31. The van der Waals surface area contributed by atoms with E-state index in [0.29, 0.717) is 42.2 Å². The van der Waals surface area contributed by atoms with Crippen LogP contribution < -0.4 is 10.6 Å². The summed E-state index contributed by atoms with van der Waals surface area (Å²) >= 11 is 12.3. The SMILES string of the molecule is COC(=O)[C@@H](c1ccccc1Cl)N1CCN(c2cc(Cl)nc(N)n2)CC1. The number of anilines is 2. The Morgan fingerprint density at radius 2 is 1.88 bits per heavy atom. The van der Waals surface area contributed by atoms with E-state index >= 15 is 0 Å². The molecule has 1 aromatic heterocycles. The number of methoxy groups -OCH3 is 1. The van der Waals surface area contributed by atoms with Crippen molar-refractivity contribution >= 4 is 40.9 Å². The van der Waals surface area contributed by atoms with Crippen LogP contribution in [0.3, 0.4) is 0 Å². The van der Waals surface area contributed by atoms with Gasteiger partial charge >= 0.3 is 5.97 Å². The lowest BCUT2D eigenvalue weighted by Crippen LogP contribution is -2.49. The molecule has 7 nitrogen and oxygen atoms in total. The number of carbonyl (C=O) groups excluding carboxylic acids is 1. The predicted octanol–water partition coefficient (Wildman–Crippen LogP) is 2.40. The average molecular weight is 396 g/mol. The molecule has 1 aliphatic rings. The number of halogens is 2. The molecule has 0 saturated carbocycles. The van der Waals surface area contributed by atoms with E-state index < -0.39 is 6.04 Å². The number of ether oxygens (including phenoxy) is 1. The Balaban J connectivity index is 1.78. The molecule has 0 bridgehead atoms. The zero-order valence-electron chi connectivity index (χ0n) is 14.2. The smallest absolute Gasteiger partial charge is 0.327 e. The predicted molar refractivity (Wildman–Crippen MR) is 101 cm³/mol.